The van der Waals surface area contributed by atoms with Crippen LogP contribution in [-0.4, -0.2) is 28.0 Å². The summed E-state index contributed by atoms with van der Waals surface area (Å²) in [5, 5.41) is 0. The predicted molar refractivity (Wildman–Crippen MR) is 79.2 cm³/mol. The molecule has 0 unspecified atom stereocenters. The van der Waals surface area contributed by atoms with Crippen LogP contribution in [0.2, 0.25) is 0 Å². The van der Waals surface area contributed by atoms with E-state index < -0.39 is 0 Å². The van der Waals surface area contributed by atoms with Crippen LogP contribution < -0.4 is 10.5 Å². The average Bonchev–Trinajstić information content (AvgIpc) is 2.25. The van der Waals surface area contributed by atoms with Gasteiger partial charge in [0.25, 0.3) is 5.56 Å². The van der Waals surface area contributed by atoms with Gasteiger partial charge >= 0.3 is 0 Å². The largest absolute Gasteiger partial charge is 0.348 e. The van der Waals surface area contributed by atoms with Gasteiger partial charge in [0.2, 0.25) is 0 Å². The second-order valence-corrected chi connectivity index (χ2v) is 6.44. The van der Waals surface area contributed by atoms with E-state index in [9.17, 15) is 4.79 Å². The van der Waals surface area contributed by atoms with Crippen LogP contribution in [0.5, 0.6) is 0 Å². The van der Waals surface area contributed by atoms with E-state index in [0.29, 0.717) is 24.3 Å². The van der Waals surface area contributed by atoms with E-state index in [-0.39, 0.29) is 11.1 Å². The van der Waals surface area contributed by atoms with Gasteiger partial charge in [-0.05, 0) is 40.0 Å². The molecule has 4 nitrogen and oxygen atoms in total. The molecule has 0 bridgehead atoms. The molecule has 0 spiro atoms. The zero-order valence-electron chi connectivity index (χ0n) is 11.9. The third-order valence-electron chi connectivity index (χ3n) is 3.66. The number of halogens is 1. The lowest BCUT2D eigenvalue weighted by atomic mass is 9.91. The van der Waals surface area contributed by atoms with Crippen molar-refractivity contribution in [3.63, 3.8) is 0 Å². The maximum Gasteiger partial charge on any atom is 0.293 e. The first-order valence-electron chi connectivity index (χ1n) is 6.86. The Morgan fingerprint density at radius 3 is 2.63 bits per heavy atom. The van der Waals surface area contributed by atoms with Gasteiger partial charge in [-0.1, -0.05) is 0 Å². The standard InChI is InChI=1S/C14H22ClN3O/c1-14(2,3)18-10-8-16-12(13(18)19)17(9-7-15)11-5-4-6-11/h8,10-11H,4-7,9H2,1-3H3. The van der Waals surface area contributed by atoms with Crippen molar-refractivity contribution in [2.45, 2.75) is 51.6 Å². The molecule has 0 N–H and O–H groups in total. The molecule has 1 saturated carbocycles. The Morgan fingerprint density at radius 2 is 2.16 bits per heavy atom. The Kier molecular flexibility index (Phi) is 4.19. The van der Waals surface area contributed by atoms with Gasteiger partial charge in [0.1, 0.15) is 0 Å². The van der Waals surface area contributed by atoms with Crippen LogP contribution in [0.3, 0.4) is 0 Å². The lowest BCUT2D eigenvalue weighted by molar-refractivity contribution is 0.369. The van der Waals surface area contributed by atoms with E-state index in [1.165, 1.54) is 6.42 Å². The summed E-state index contributed by atoms with van der Waals surface area (Å²) in [7, 11) is 0. The molecular formula is C14H22ClN3O. The number of anilines is 1. The van der Waals surface area contributed by atoms with Gasteiger partial charge in [-0.25, -0.2) is 4.98 Å². The summed E-state index contributed by atoms with van der Waals surface area (Å²) in [6.07, 6.45) is 6.95. The number of rotatable bonds is 4. The zero-order chi connectivity index (χ0) is 14.0. The summed E-state index contributed by atoms with van der Waals surface area (Å²) in [5.41, 5.74) is -0.256. The van der Waals surface area contributed by atoms with E-state index in [1.54, 1.807) is 17.0 Å². The molecule has 0 aliphatic heterocycles. The van der Waals surface area contributed by atoms with Gasteiger partial charge in [-0.15, -0.1) is 11.6 Å². The highest BCUT2D eigenvalue weighted by Crippen LogP contribution is 2.27. The number of hydrogen-bond donors (Lipinski definition) is 0. The van der Waals surface area contributed by atoms with E-state index in [2.05, 4.69) is 9.88 Å². The number of nitrogens with zero attached hydrogens (tertiary/aromatic N) is 3. The molecule has 0 amide bonds. The van der Waals surface area contributed by atoms with Gasteiger partial charge in [0.05, 0.1) is 0 Å². The third kappa shape index (κ3) is 2.94. The second kappa shape index (κ2) is 5.53. The number of hydrogen-bond acceptors (Lipinski definition) is 3. The highest BCUT2D eigenvalue weighted by molar-refractivity contribution is 6.18. The number of alkyl halides is 1. The molecule has 1 heterocycles. The molecule has 1 aromatic heterocycles. The predicted octanol–water partition coefficient (Wildman–Crippen LogP) is 2.60. The van der Waals surface area contributed by atoms with Crippen LogP contribution in [0, 0.1) is 0 Å². The van der Waals surface area contributed by atoms with E-state index in [0.717, 1.165) is 12.8 Å². The summed E-state index contributed by atoms with van der Waals surface area (Å²) >= 11 is 5.88. The van der Waals surface area contributed by atoms with Gasteiger partial charge in [-0.3, -0.25) is 4.79 Å². The Balaban J connectivity index is 2.40. The SMILES string of the molecule is CC(C)(C)n1ccnc(N(CCCl)C2CCC2)c1=O. The smallest absolute Gasteiger partial charge is 0.293 e. The minimum absolute atomic E-state index is 0.0213. The van der Waals surface area contributed by atoms with E-state index >= 15 is 0 Å². The van der Waals surface area contributed by atoms with Crippen molar-refractivity contribution in [1.29, 1.82) is 0 Å². The third-order valence-corrected chi connectivity index (χ3v) is 3.83. The zero-order valence-corrected chi connectivity index (χ0v) is 12.7. The van der Waals surface area contributed by atoms with Gasteiger partial charge in [0, 0.05) is 36.4 Å². The molecule has 5 heteroatoms. The Hall–Kier alpha value is -1.03. The molecule has 0 atom stereocenters. The topological polar surface area (TPSA) is 38.1 Å². The normalized spacial score (nSPS) is 16.2. The molecule has 0 saturated heterocycles. The van der Waals surface area contributed by atoms with Crippen molar-refractivity contribution in [3.05, 3.63) is 22.7 Å². The van der Waals surface area contributed by atoms with Crippen LogP contribution in [-0.2, 0) is 5.54 Å². The summed E-state index contributed by atoms with van der Waals surface area (Å²) in [6, 6.07) is 0.426. The van der Waals surface area contributed by atoms with Gasteiger partial charge in [0.15, 0.2) is 5.82 Å². The van der Waals surface area contributed by atoms with E-state index in [4.69, 9.17) is 11.6 Å². The highest BCUT2D eigenvalue weighted by Gasteiger charge is 2.28. The van der Waals surface area contributed by atoms with Crippen molar-refractivity contribution < 1.29 is 0 Å². The lowest BCUT2D eigenvalue weighted by Crippen LogP contribution is -2.46. The summed E-state index contributed by atoms with van der Waals surface area (Å²) < 4.78 is 1.75. The molecule has 1 aromatic rings. The van der Waals surface area contributed by atoms with Crippen molar-refractivity contribution in [1.82, 2.24) is 9.55 Å². The Morgan fingerprint density at radius 1 is 1.47 bits per heavy atom. The van der Waals surface area contributed by atoms with Crippen molar-refractivity contribution in [2.24, 2.45) is 0 Å². The Labute approximate surface area is 119 Å². The van der Waals surface area contributed by atoms with Crippen LogP contribution in [0.1, 0.15) is 40.0 Å². The minimum Gasteiger partial charge on any atom is -0.348 e. The first-order valence-corrected chi connectivity index (χ1v) is 7.39. The minimum atomic E-state index is -0.235. The first kappa shape index (κ1) is 14.4. The Bertz CT molecular complexity index is 488. The number of aromatic nitrogens is 2. The average molecular weight is 284 g/mol. The fourth-order valence-electron chi connectivity index (χ4n) is 2.38. The maximum atomic E-state index is 12.6. The molecule has 1 aliphatic rings. The molecule has 19 heavy (non-hydrogen) atoms. The van der Waals surface area contributed by atoms with Crippen molar-refractivity contribution >= 4 is 17.4 Å². The molecule has 1 fully saturated rings. The fourth-order valence-corrected chi connectivity index (χ4v) is 2.56. The summed E-state index contributed by atoms with van der Waals surface area (Å²) in [6.45, 7) is 6.75. The lowest BCUT2D eigenvalue weighted by Gasteiger charge is -2.38. The second-order valence-electron chi connectivity index (χ2n) is 6.06. The van der Waals surface area contributed by atoms with Crippen molar-refractivity contribution in [2.75, 3.05) is 17.3 Å². The fraction of sp³-hybridized carbons (Fsp3) is 0.714. The maximum absolute atomic E-state index is 12.6. The summed E-state index contributed by atoms with van der Waals surface area (Å²) in [4.78, 5) is 19.0. The first-order chi connectivity index (χ1) is 8.95. The van der Waals surface area contributed by atoms with Crippen LogP contribution in [0.25, 0.3) is 0 Å². The van der Waals surface area contributed by atoms with E-state index in [1.807, 2.05) is 20.8 Å². The van der Waals surface area contributed by atoms with Gasteiger partial charge < -0.3 is 9.47 Å². The van der Waals surface area contributed by atoms with Crippen LogP contribution in [0.4, 0.5) is 5.82 Å². The highest BCUT2D eigenvalue weighted by atomic mass is 35.5. The van der Waals surface area contributed by atoms with Crippen molar-refractivity contribution in [3.8, 4) is 0 Å². The van der Waals surface area contributed by atoms with Gasteiger partial charge in [-0.2, -0.15) is 0 Å². The summed E-state index contributed by atoms with van der Waals surface area (Å²) in [5.74, 6) is 1.06. The molecule has 1 aliphatic carbocycles. The van der Waals surface area contributed by atoms with Crippen LogP contribution >= 0.6 is 11.6 Å². The monoisotopic (exact) mass is 283 g/mol. The molecular weight excluding hydrogens is 262 g/mol. The molecule has 106 valence electrons. The molecule has 0 aromatic carbocycles. The molecule has 2 rings (SSSR count). The molecule has 0 radical (unpaired) electrons. The van der Waals surface area contributed by atoms with Crippen LogP contribution in [0.15, 0.2) is 17.2 Å². The quantitative estimate of drug-likeness (QED) is 0.797.